The highest BCUT2D eigenvalue weighted by Crippen LogP contribution is 2.15. The van der Waals surface area contributed by atoms with E-state index in [1.165, 1.54) is 89.9 Å². The second-order valence-corrected chi connectivity index (χ2v) is 20.9. The lowest BCUT2D eigenvalue weighted by Crippen LogP contribution is -2.30. The molecule has 0 N–H and O–H groups in total. The largest absolute Gasteiger partial charge is 0.462 e. The van der Waals surface area contributed by atoms with E-state index in [1.807, 2.05) is 0 Å². The molecule has 6 nitrogen and oxygen atoms in total. The lowest BCUT2D eigenvalue weighted by atomic mass is 10.0. The number of carbonyl (C=O) groups excluding carboxylic acids is 3. The molecule has 0 spiro atoms. The van der Waals surface area contributed by atoms with Crippen LogP contribution in [-0.2, 0) is 28.6 Å². The lowest BCUT2D eigenvalue weighted by Gasteiger charge is -2.18. The molecular weight excluding hydrogens is 973 g/mol. The molecule has 0 aliphatic heterocycles. The summed E-state index contributed by atoms with van der Waals surface area (Å²) in [6.45, 7) is 6.34. The van der Waals surface area contributed by atoms with Gasteiger partial charge < -0.3 is 14.2 Å². The number of esters is 3. The van der Waals surface area contributed by atoms with E-state index in [2.05, 4.69) is 167 Å². The molecular formula is C73H118O6. The van der Waals surface area contributed by atoms with E-state index >= 15 is 0 Å². The maximum Gasteiger partial charge on any atom is 0.306 e. The summed E-state index contributed by atoms with van der Waals surface area (Å²) in [4.78, 5) is 38.3. The number of unbranched alkanes of at least 4 members (excludes halogenated alkanes) is 22. The van der Waals surface area contributed by atoms with Gasteiger partial charge in [-0.1, -0.05) is 263 Å². The van der Waals surface area contributed by atoms with E-state index in [0.29, 0.717) is 19.3 Å². The molecule has 0 bridgehead atoms. The van der Waals surface area contributed by atoms with Crippen LogP contribution in [0.15, 0.2) is 146 Å². The van der Waals surface area contributed by atoms with Crippen molar-refractivity contribution in [2.45, 2.75) is 284 Å². The standard InChI is InChI=1S/C73H118O6/c1-4-7-10-13-16-19-22-25-28-29-30-31-32-33-34-35-36-37-38-39-40-41-42-43-46-48-51-54-57-60-63-66-72(75)78-69-70(79-73(76)67-64-61-58-55-52-49-45-27-24-21-18-15-12-9-6-3)68-77-71(74)65-62-59-56-53-50-47-44-26-23-20-17-14-11-8-5-2/h7,9-10,12,16-21,25-28,30-31,33-34,36-37,44-45,52,55,70H,4-6,8,11,13-15,22-24,29,32,35,38-43,46-51,53-54,56-69H2,1-3H3/b10-7-,12-9-,19-16-,20-17-,21-18-,28-25-,31-30-,34-33-,37-36-,44-26-,45-27-,55-52-. The van der Waals surface area contributed by atoms with Crippen LogP contribution in [0, 0.1) is 0 Å². The van der Waals surface area contributed by atoms with Crippen LogP contribution >= 0.6 is 0 Å². The molecule has 0 heterocycles. The summed E-state index contributed by atoms with van der Waals surface area (Å²) >= 11 is 0. The highest BCUT2D eigenvalue weighted by atomic mass is 16.6. The summed E-state index contributed by atoms with van der Waals surface area (Å²) in [5.41, 5.74) is 0. The molecule has 0 aromatic rings. The molecule has 1 unspecified atom stereocenters. The van der Waals surface area contributed by atoms with Gasteiger partial charge >= 0.3 is 17.9 Å². The number of allylic oxidation sites excluding steroid dienone is 24. The van der Waals surface area contributed by atoms with E-state index in [9.17, 15) is 14.4 Å². The molecule has 0 rings (SSSR count). The fraction of sp³-hybridized carbons (Fsp3) is 0.630. The molecule has 446 valence electrons. The second kappa shape index (κ2) is 65.8. The highest BCUT2D eigenvalue weighted by molar-refractivity contribution is 5.71. The Morgan fingerprint density at radius 1 is 0.266 bits per heavy atom. The third-order valence-electron chi connectivity index (χ3n) is 13.3. The molecule has 79 heavy (non-hydrogen) atoms. The Morgan fingerprint density at radius 2 is 0.494 bits per heavy atom. The van der Waals surface area contributed by atoms with E-state index in [0.717, 1.165) is 141 Å². The van der Waals surface area contributed by atoms with Gasteiger partial charge in [-0.05, 0) is 141 Å². The first-order valence-corrected chi connectivity index (χ1v) is 32.3. The Balaban J connectivity index is 4.32. The maximum absolute atomic E-state index is 12.9. The fourth-order valence-corrected chi connectivity index (χ4v) is 8.53. The van der Waals surface area contributed by atoms with Gasteiger partial charge in [0, 0.05) is 19.3 Å². The molecule has 0 fully saturated rings. The molecule has 0 aromatic carbocycles. The van der Waals surface area contributed by atoms with E-state index in [4.69, 9.17) is 14.2 Å². The Labute approximate surface area is 487 Å². The van der Waals surface area contributed by atoms with Crippen LogP contribution in [0.2, 0.25) is 0 Å². The molecule has 0 saturated carbocycles. The van der Waals surface area contributed by atoms with Crippen LogP contribution in [0.5, 0.6) is 0 Å². The predicted molar refractivity (Wildman–Crippen MR) is 343 cm³/mol. The van der Waals surface area contributed by atoms with Crippen molar-refractivity contribution < 1.29 is 28.6 Å². The first-order chi connectivity index (χ1) is 39.0. The quantitative estimate of drug-likeness (QED) is 0.0261. The maximum atomic E-state index is 12.9. The number of hydrogen-bond donors (Lipinski definition) is 0. The van der Waals surface area contributed by atoms with Gasteiger partial charge in [-0.15, -0.1) is 0 Å². The zero-order valence-corrected chi connectivity index (χ0v) is 51.1. The number of rotatable bonds is 57. The minimum atomic E-state index is -0.812. The Kier molecular flexibility index (Phi) is 61.9. The molecule has 0 aromatic heterocycles. The van der Waals surface area contributed by atoms with Gasteiger partial charge in [0.1, 0.15) is 13.2 Å². The van der Waals surface area contributed by atoms with Gasteiger partial charge in [0.15, 0.2) is 6.10 Å². The van der Waals surface area contributed by atoms with Crippen molar-refractivity contribution in [2.75, 3.05) is 13.2 Å². The summed E-state index contributed by atoms with van der Waals surface area (Å²) < 4.78 is 16.9. The van der Waals surface area contributed by atoms with Crippen molar-refractivity contribution in [2.24, 2.45) is 0 Å². The van der Waals surface area contributed by atoms with Gasteiger partial charge in [0.05, 0.1) is 0 Å². The SMILES string of the molecule is CC/C=C\C/C=C\C/C=C\C/C=C\C/C=C\C/C=C\CCCCCCCCCCCCCCC(=O)OCC(COC(=O)CCCCCCC/C=C\C/C=C\CCCCC)OC(=O)CCCC/C=C\C/C=C\C/C=C\C/C=C\CC. The van der Waals surface area contributed by atoms with E-state index < -0.39 is 6.10 Å². The monoisotopic (exact) mass is 1090 g/mol. The molecule has 0 aliphatic carbocycles. The molecule has 1 atom stereocenters. The van der Waals surface area contributed by atoms with Crippen molar-refractivity contribution in [3.05, 3.63) is 146 Å². The molecule has 0 saturated heterocycles. The normalized spacial score (nSPS) is 13.1. The Morgan fingerprint density at radius 3 is 0.797 bits per heavy atom. The summed E-state index contributed by atoms with van der Waals surface area (Å²) in [7, 11) is 0. The summed E-state index contributed by atoms with van der Waals surface area (Å²) in [6.07, 6.45) is 94.3. The van der Waals surface area contributed by atoms with Crippen LogP contribution in [0.1, 0.15) is 278 Å². The van der Waals surface area contributed by atoms with Crippen LogP contribution in [0.25, 0.3) is 0 Å². The molecule has 0 amide bonds. The van der Waals surface area contributed by atoms with Gasteiger partial charge in [0.25, 0.3) is 0 Å². The zero-order valence-electron chi connectivity index (χ0n) is 51.1. The average Bonchev–Trinajstić information content (AvgIpc) is 3.45. The molecule has 0 aliphatic rings. The smallest absolute Gasteiger partial charge is 0.306 e. The first-order valence-electron chi connectivity index (χ1n) is 32.3. The first kappa shape index (κ1) is 74.3. The fourth-order valence-electron chi connectivity index (χ4n) is 8.53. The number of hydrogen-bond acceptors (Lipinski definition) is 6. The summed E-state index contributed by atoms with van der Waals surface area (Å²) in [5, 5.41) is 0. The lowest BCUT2D eigenvalue weighted by molar-refractivity contribution is -0.167. The second-order valence-electron chi connectivity index (χ2n) is 20.9. The van der Waals surface area contributed by atoms with E-state index in [1.54, 1.807) is 0 Å². The van der Waals surface area contributed by atoms with Crippen LogP contribution in [-0.4, -0.2) is 37.2 Å². The Bertz CT molecular complexity index is 1730. The minimum absolute atomic E-state index is 0.104. The minimum Gasteiger partial charge on any atom is -0.462 e. The topological polar surface area (TPSA) is 78.9 Å². The van der Waals surface area contributed by atoms with Gasteiger partial charge in [-0.25, -0.2) is 0 Å². The van der Waals surface area contributed by atoms with Gasteiger partial charge in [-0.3, -0.25) is 14.4 Å². The average molecular weight is 1090 g/mol. The summed E-state index contributed by atoms with van der Waals surface area (Å²) in [5.74, 6) is -0.962. The van der Waals surface area contributed by atoms with Crippen molar-refractivity contribution >= 4 is 17.9 Å². The molecule has 0 radical (unpaired) electrons. The third-order valence-corrected chi connectivity index (χ3v) is 13.3. The highest BCUT2D eigenvalue weighted by Gasteiger charge is 2.19. The van der Waals surface area contributed by atoms with Crippen molar-refractivity contribution in [3.8, 4) is 0 Å². The summed E-state index contributed by atoms with van der Waals surface area (Å²) in [6, 6.07) is 0. The van der Waals surface area contributed by atoms with E-state index in [-0.39, 0.29) is 37.5 Å². The number of carbonyl (C=O) groups is 3. The van der Waals surface area contributed by atoms with Crippen LogP contribution < -0.4 is 0 Å². The zero-order chi connectivity index (χ0) is 57.1. The van der Waals surface area contributed by atoms with Gasteiger partial charge in [0.2, 0.25) is 0 Å². The third kappa shape index (κ3) is 64.0. The molecule has 6 heteroatoms. The van der Waals surface area contributed by atoms with Crippen molar-refractivity contribution in [3.63, 3.8) is 0 Å². The van der Waals surface area contributed by atoms with Crippen molar-refractivity contribution in [1.82, 2.24) is 0 Å². The van der Waals surface area contributed by atoms with Crippen molar-refractivity contribution in [1.29, 1.82) is 0 Å². The predicted octanol–water partition coefficient (Wildman–Crippen LogP) is 22.3. The van der Waals surface area contributed by atoms with Crippen LogP contribution in [0.3, 0.4) is 0 Å². The van der Waals surface area contributed by atoms with Crippen LogP contribution in [0.4, 0.5) is 0 Å². The Hall–Kier alpha value is -4.71. The van der Waals surface area contributed by atoms with Gasteiger partial charge in [-0.2, -0.15) is 0 Å². The number of ether oxygens (including phenoxy) is 3.